The number of amides is 1. The van der Waals surface area contributed by atoms with Crippen LogP contribution in [0.3, 0.4) is 0 Å². The summed E-state index contributed by atoms with van der Waals surface area (Å²) in [5.74, 6) is -0.378. The minimum atomic E-state index is -0.816. The first-order valence-electron chi connectivity index (χ1n) is 11.1. The summed E-state index contributed by atoms with van der Waals surface area (Å²) in [5, 5.41) is 11.3. The molecule has 1 atom stereocenters. The van der Waals surface area contributed by atoms with Crippen LogP contribution in [0.4, 0.5) is 0 Å². The van der Waals surface area contributed by atoms with E-state index in [0.717, 1.165) is 0 Å². The lowest BCUT2D eigenvalue weighted by atomic mass is 9.94. The van der Waals surface area contributed by atoms with Crippen molar-refractivity contribution in [2.24, 2.45) is 0 Å². The summed E-state index contributed by atoms with van der Waals surface area (Å²) >= 11 is 0. The van der Waals surface area contributed by atoms with Crippen LogP contribution in [0.5, 0.6) is 17.2 Å². The van der Waals surface area contributed by atoms with Crippen molar-refractivity contribution in [1.82, 2.24) is 4.90 Å². The maximum Gasteiger partial charge on any atom is 0.295 e. The SMILES string of the molecule is COc1ccc(C2/C(=C(/O)c3ccccc3OC)C(=O)C(=O)N2CCCOC(C)C)cc1OC. The van der Waals surface area contributed by atoms with E-state index >= 15 is 0 Å². The number of para-hydroxylation sites is 1. The topological polar surface area (TPSA) is 94.5 Å². The number of aliphatic hydroxyl groups is 1. The van der Waals surface area contributed by atoms with Crippen molar-refractivity contribution < 1.29 is 33.6 Å². The summed E-state index contributed by atoms with van der Waals surface area (Å²) in [7, 11) is 4.52. The van der Waals surface area contributed by atoms with Crippen molar-refractivity contribution in [2.45, 2.75) is 32.4 Å². The highest BCUT2D eigenvalue weighted by Gasteiger charge is 2.46. The zero-order valence-corrected chi connectivity index (χ0v) is 20.2. The fourth-order valence-electron chi connectivity index (χ4n) is 4.02. The molecule has 1 aliphatic heterocycles. The zero-order valence-electron chi connectivity index (χ0n) is 20.2. The van der Waals surface area contributed by atoms with Crippen LogP contribution < -0.4 is 14.2 Å². The molecule has 0 spiro atoms. The van der Waals surface area contributed by atoms with E-state index in [-0.39, 0.29) is 24.0 Å². The first kappa shape index (κ1) is 25.1. The summed E-state index contributed by atoms with van der Waals surface area (Å²) in [5.41, 5.74) is 0.932. The molecule has 1 unspecified atom stereocenters. The molecule has 8 heteroatoms. The van der Waals surface area contributed by atoms with Crippen LogP contribution >= 0.6 is 0 Å². The minimum Gasteiger partial charge on any atom is -0.507 e. The first-order valence-corrected chi connectivity index (χ1v) is 11.1. The van der Waals surface area contributed by atoms with Crippen LogP contribution in [0.1, 0.15) is 37.4 Å². The fraction of sp³-hybridized carbons (Fsp3) is 0.385. The van der Waals surface area contributed by atoms with Crippen LogP contribution in [0, 0.1) is 0 Å². The highest BCUT2D eigenvalue weighted by atomic mass is 16.5. The van der Waals surface area contributed by atoms with Gasteiger partial charge in [-0.05, 0) is 50.1 Å². The highest BCUT2D eigenvalue weighted by molar-refractivity contribution is 6.46. The summed E-state index contributed by atoms with van der Waals surface area (Å²) in [6.45, 7) is 4.58. The Balaban J connectivity index is 2.13. The standard InChI is InChI=1S/C26H31NO7/c1-16(2)34-14-8-13-27-23(17-11-12-20(32-4)21(15-17)33-5)22(25(29)26(27)30)24(28)18-9-6-7-10-19(18)31-3/h6-7,9-12,15-16,23,28H,8,13-14H2,1-5H3/b24-22-. The van der Waals surface area contributed by atoms with Crippen LogP contribution in [0.2, 0.25) is 0 Å². The number of rotatable bonds is 10. The minimum absolute atomic E-state index is 0.00787. The molecule has 2 aromatic rings. The van der Waals surface area contributed by atoms with E-state index < -0.39 is 17.7 Å². The second-order valence-corrected chi connectivity index (χ2v) is 8.08. The van der Waals surface area contributed by atoms with Gasteiger partial charge in [0.15, 0.2) is 11.5 Å². The number of aliphatic hydroxyl groups excluding tert-OH is 1. The number of benzene rings is 2. The molecule has 0 radical (unpaired) electrons. The molecule has 0 aromatic heterocycles. The van der Waals surface area contributed by atoms with E-state index in [1.54, 1.807) is 42.5 Å². The first-order chi connectivity index (χ1) is 16.3. The van der Waals surface area contributed by atoms with Gasteiger partial charge in [-0.25, -0.2) is 0 Å². The van der Waals surface area contributed by atoms with E-state index in [2.05, 4.69) is 0 Å². The molecule has 1 amide bonds. The number of ketones is 1. The lowest BCUT2D eigenvalue weighted by Crippen LogP contribution is -2.31. The normalized spacial score (nSPS) is 17.4. The molecule has 1 fully saturated rings. The summed E-state index contributed by atoms with van der Waals surface area (Å²) in [4.78, 5) is 27.8. The third-order valence-corrected chi connectivity index (χ3v) is 5.62. The third-order valence-electron chi connectivity index (χ3n) is 5.62. The Bertz CT molecular complexity index is 1080. The number of carbonyl (C=O) groups is 2. The summed E-state index contributed by atoms with van der Waals surface area (Å²) in [6.07, 6.45) is 0.589. The van der Waals surface area contributed by atoms with Gasteiger partial charge >= 0.3 is 0 Å². The Morgan fingerprint density at radius 3 is 2.29 bits per heavy atom. The summed E-state index contributed by atoms with van der Waals surface area (Å²) < 4.78 is 21.7. The van der Waals surface area contributed by atoms with Gasteiger partial charge in [-0.2, -0.15) is 0 Å². The number of hydrogen-bond acceptors (Lipinski definition) is 7. The Labute approximate surface area is 199 Å². The third kappa shape index (κ3) is 5.02. The largest absolute Gasteiger partial charge is 0.507 e. The van der Waals surface area contributed by atoms with Gasteiger partial charge < -0.3 is 29.0 Å². The molecular formula is C26H31NO7. The maximum absolute atomic E-state index is 13.2. The number of ether oxygens (including phenoxy) is 4. The molecular weight excluding hydrogens is 438 g/mol. The van der Waals surface area contributed by atoms with Crippen molar-refractivity contribution >= 4 is 17.4 Å². The van der Waals surface area contributed by atoms with Crippen molar-refractivity contribution in [3.05, 3.63) is 59.2 Å². The Morgan fingerprint density at radius 1 is 0.971 bits per heavy atom. The molecule has 0 saturated carbocycles. The predicted octanol–water partition coefficient (Wildman–Crippen LogP) is 3.95. The Hall–Kier alpha value is -3.52. The van der Waals surface area contributed by atoms with Crippen molar-refractivity contribution in [3.63, 3.8) is 0 Å². The number of methoxy groups -OCH3 is 3. The smallest absolute Gasteiger partial charge is 0.295 e. The molecule has 8 nitrogen and oxygen atoms in total. The molecule has 3 rings (SSSR count). The predicted molar refractivity (Wildman–Crippen MR) is 127 cm³/mol. The van der Waals surface area contributed by atoms with Gasteiger partial charge in [0, 0.05) is 13.2 Å². The van der Waals surface area contributed by atoms with Gasteiger partial charge in [-0.1, -0.05) is 18.2 Å². The molecule has 0 aliphatic carbocycles. The van der Waals surface area contributed by atoms with Crippen LogP contribution in [-0.4, -0.2) is 62.3 Å². The molecule has 182 valence electrons. The maximum atomic E-state index is 13.2. The van der Waals surface area contributed by atoms with E-state index in [4.69, 9.17) is 18.9 Å². The molecule has 0 bridgehead atoms. The average Bonchev–Trinajstić information content (AvgIpc) is 3.10. The van der Waals surface area contributed by atoms with Gasteiger partial charge in [-0.15, -0.1) is 0 Å². The number of likely N-dealkylation sites (tertiary alicyclic amines) is 1. The number of nitrogens with zero attached hydrogens (tertiary/aromatic N) is 1. The van der Waals surface area contributed by atoms with E-state index in [0.29, 0.717) is 41.4 Å². The zero-order chi connectivity index (χ0) is 24.8. The molecule has 1 heterocycles. The van der Waals surface area contributed by atoms with Crippen LogP contribution in [0.25, 0.3) is 5.76 Å². The fourth-order valence-corrected chi connectivity index (χ4v) is 4.02. The second-order valence-electron chi connectivity index (χ2n) is 8.08. The average molecular weight is 470 g/mol. The van der Waals surface area contributed by atoms with Gasteiger partial charge in [0.05, 0.1) is 44.6 Å². The van der Waals surface area contributed by atoms with Gasteiger partial charge in [0.1, 0.15) is 11.5 Å². The van der Waals surface area contributed by atoms with Crippen molar-refractivity contribution in [1.29, 1.82) is 0 Å². The van der Waals surface area contributed by atoms with Crippen LogP contribution in [-0.2, 0) is 14.3 Å². The van der Waals surface area contributed by atoms with Gasteiger partial charge in [0.2, 0.25) is 0 Å². The van der Waals surface area contributed by atoms with E-state index in [9.17, 15) is 14.7 Å². The second kappa shape index (κ2) is 11.1. The van der Waals surface area contributed by atoms with Crippen molar-refractivity contribution in [2.75, 3.05) is 34.5 Å². The quantitative estimate of drug-likeness (QED) is 0.244. The Kier molecular flexibility index (Phi) is 8.17. The molecule has 1 N–H and O–H groups in total. The molecule has 34 heavy (non-hydrogen) atoms. The molecule has 2 aromatic carbocycles. The lowest BCUT2D eigenvalue weighted by molar-refractivity contribution is -0.140. The van der Waals surface area contributed by atoms with E-state index in [1.165, 1.54) is 26.2 Å². The van der Waals surface area contributed by atoms with Crippen molar-refractivity contribution in [3.8, 4) is 17.2 Å². The monoisotopic (exact) mass is 469 g/mol. The highest BCUT2D eigenvalue weighted by Crippen LogP contribution is 2.43. The Morgan fingerprint density at radius 2 is 1.65 bits per heavy atom. The number of Topliss-reactive ketones (excluding diaryl/α,β-unsaturated/α-hetero) is 1. The van der Waals surface area contributed by atoms with Crippen LogP contribution in [0.15, 0.2) is 48.0 Å². The van der Waals surface area contributed by atoms with E-state index in [1.807, 2.05) is 13.8 Å². The number of hydrogen-bond donors (Lipinski definition) is 1. The summed E-state index contributed by atoms with van der Waals surface area (Å²) in [6, 6.07) is 11.2. The molecule has 1 aliphatic rings. The number of carbonyl (C=O) groups excluding carboxylic acids is 2. The van der Waals surface area contributed by atoms with Gasteiger partial charge in [0.25, 0.3) is 11.7 Å². The molecule has 1 saturated heterocycles. The van der Waals surface area contributed by atoms with Gasteiger partial charge in [-0.3, -0.25) is 9.59 Å². The lowest BCUT2D eigenvalue weighted by Gasteiger charge is -2.26.